The molecule has 1 aromatic heterocycles. The fourth-order valence-electron chi connectivity index (χ4n) is 2.81. The van der Waals surface area contributed by atoms with Gasteiger partial charge in [0.15, 0.2) is 5.82 Å². The predicted octanol–water partition coefficient (Wildman–Crippen LogP) is 4.21. The molecule has 0 aliphatic carbocycles. The summed E-state index contributed by atoms with van der Waals surface area (Å²) in [6, 6.07) is 9.22. The fourth-order valence-corrected chi connectivity index (χ4v) is 2.81. The number of benzene rings is 1. The summed E-state index contributed by atoms with van der Waals surface area (Å²) in [6.07, 6.45) is 4.58. The van der Waals surface area contributed by atoms with Crippen LogP contribution in [0.4, 0.5) is 5.82 Å². The first kappa shape index (κ1) is 20.7. The maximum absolute atomic E-state index is 12.9. The fraction of sp³-hybridized carbons (Fsp3) is 0.476. The lowest BCUT2D eigenvalue weighted by Crippen LogP contribution is -2.42. The maximum atomic E-state index is 12.9. The molecule has 6 heteroatoms. The van der Waals surface area contributed by atoms with Crippen LogP contribution in [0.5, 0.6) is 0 Å². The zero-order chi connectivity index (χ0) is 19.8. The lowest BCUT2D eigenvalue weighted by atomic mass is 10.0. The first-order valence-corrected chi connectivity index (χ1v) is 9.53. The molecule has 0 spiro atoms. The van der Waals surface area contributed by atoms with Crippen LogP contribution in [-0.2, 0) is 11.2 Å². The minimum absolute atomic E-state index is 0.0410. The van der Waals surface area contributed by atoms with Crippen molar-refractivity contribution in [2.75, 3.05) is 11.9 Å². The normalized spacial score (nSPS) is 10.9. The molecular weight excluding hydrogens is 342 g/mol. The van der Waals surface area contributed by atoms with Gasteiger partial charge in [-0.2, -0.15) is 0 Å². The van der Waals surface area contributed by atoms with Gasteiger partial charge in [-0.05, 0) is 51.3 Å². The van der Waals surface area contributed by atoms with Crippen LogP contribution in [-0.4, -0.2) is 34.5 Å². The third kappa shape index (κ3) is 6.24. The van der Waals surface area contributed by atoms with Gasteiger partial charge in [0.25, 0.3) is 5.91 Å². The van der Waals surface area contributed by atoms with Crippen LogP contribution in [0.2, 0.25) is 0 Å². The molecule has 1 heterocycles. The van der Waals surface area contributed by atoms with Crippen LogP contribution < -0.4 is 5.32 Å². The van der Waals surface area contributed by atoms with Crippen molar-refractivity contribution in [2.45, 2.75) is 59.4 Å². The van der Waals surface area contributed by atoms with Gasteiger partial charge in [-0.1, -0.05) is 37.1 Å². The first-order chi connectivity index (χ1) is 12.9. The van der Waals surface area contributed by atoms with Crippen molar-refractivity contribution in [3.05, 3.63) is 47.2 Å². The standard InChI is InChI=1S/C21H29N3O3/c1-5-6-7-8-17-9-11-18(12-10-17)21(26)24(15(2)3)14-20(25)22-19-13-16(4)27-23-19/h9-13,15H,5-8,14H2,1-4H3,(H,22,23,25). The van der Waals surface area contributed by atoms with Crippen LogP contribution >= 0.6 is 0 Å². The molecule has 0 aliphatic rings. The van der Waals surface area contributed by atoms with E-state index in [0.717, 1.165) is 12.8 Å². The molecule has 1 N–H and O–H groups in total. The van der Waals surface area contributed by atoms with Gasteiger partial charge < -0.3 is 14.7 Å². The summed E-state index contributed by atoms with van der Waals surface area (Å²) >= 11 is 0. The monoisotopic (exact) mass is 371 g/mol. The number of carbonyl (C=O) groups excluding carboxylic acids is 2. The average molecular weight is 371 g/mol. The predicted molar refractivity (Wildman–Crippen MR) is 106 cm³/mol. The summed E-state index contributed by atoms with van der Waals surface area (Å²) in [5.41, 5.74) is 1.82. The molecule has 146 valence electrons. The second kappa shape index (κ2) is 9.90. The number of nitrogens with zero attached hydrogens (tertiary/aromatic N) is 2. The lowest BCUT2D eigenvalue weighted by Gasteiger charge is -2.26. The highest BCUT2D eigenvalue weighted by Crippen LogP contribution is 2.13. The zero-order valence-corrected chi connectivity index (χ0v) is 16.6. The number of carbonyl (C=O) groups is 2. The van der Waals surface area contributed by atoms with Crippen LogP contribution in [0, 0.1) is 6.92 Å². The molecule has 2 aromatic rings. The largest absolute Gasteiger partial charge is 0.360 e. The molecular formula is C21H29N3O3. The van der Waals surface area contributed by atoms with E-state index in [2.05, 4.69) is 17.4 Å². The molecule has 6 nitrogen and oxygen atoms in total. The summed E-state index contributed by atoms with van der Waals surface area (Å²) in [4.78, 5) is 26.7. The number of nitrogens with one attached hydrogen (secondary N) is 1. The molecule has 2 rings (SSSR count). The number of aryl methyl sites for hydroxylation is 2. The maximum Gasteiger partial charge on any atom is 0.254 e. The topological polar surface area (TPSA) is 75.4 Å². The summed E-state index contributed by atoms with van der Waals surface area (Å²) in [6.45, 7) is 7.68. The molecule has 0 fully saturated rings. The van der Waals surface area contributed by atoms with Crippen molar-refractivity contribution in [3.8, 4) is 0 Å². The Balaban J connectivity index is 2.00. The molecule has 0 atom stereocenters. The van der Waals surface area contributed by atoms with Crippen molar-refractivity contribution in [2.24, 2.45) is 0 Å². The Morgan fingerprint density at radius 1 is 1.19 bits per heavy atom. The van der Waals surface area contributed by atoms with Crippen LogP contribution in [0.25, 0.3) is 0 Å². The Kier molecular flexibility index (Phi) is 7.58. The highest BCUT2D eigenvalue weighted by atomic mass is 16.5. The Morgan fingerprint density at radius 3 is 2.44 bits per heavy atom. The highest BCUT2D eigenvalue weighted by Gasteiger charge is 2.22. The van der Waals surface area contributed by atoms with Crippen LogP contribution in [0.3, 0.4) is 0 Å². The van der Waals surface area contributed by atoms with E-state index in [4.69, 9.17) is 4.52 Å². The van der Waals surface area contributed by atoms with Crippen LogP contribution in [0.1, 0.15) is 61.7 Å². The minimum Gasteiger partial charge on any atom is -0.360 e. The van der Waals surface area contributed by atoms with Gasteiger partial charge in [0.2, 0.25) is 5.91 Å². The van der Waals surface area contributed by atoms with Gasteiger partial charge in [-0.15, -0.1) is 0 Å². The minimum atomic E-state index is -0.304. The summed E-state index contributed by atoms with van der Waals surface area (Å²) in [7, 11) is 0. The van der Waals surface area contributed by atoms with E-state index < -0.39 is 0 Å². The van der Waals surface area contributed by atoms with E-state index >= 15 is 0 Å². The molecule has 2 amide bonds. The number of hydrogen-bond donors (Lipinski definition) is 1. The smallest absolute Gasteiger partial charge is 0.254 e. The van der Waals surface area contributed by atoms with Crippen molar-refractivity contribution < 1.29 is 14.1 Å². The number of amides is 2. The first-order valence-electron chi connectivity index (χ1n) is 9.53. The summed E-state index contributed by atoms with van der Waals surface area (Å²) < 4.78 is 4.94. The second-order valence-corrected chi connectivity index (χ2v) is 7.05. The summed E-state index contributed by atoms with van der Waals surface area (Å²) in [5, 5.41) is 6.40. The number of rotatable bonds is 9. The van der Waals surface area contributed by atoms with Crippen molar-refractivity contribution in [1.82, 2.24) is 10.1 Å². The van der Waals surface area contributed by atoms with Gasteiger partial charge >= 0.3 is 0 Å². The van der Waals surface area contributed by atoms with Gasteiger partial charge in [0, 0.05) is 17.7 Å². The van der Waals surface area contributed by atoms with Crippen LogP contribution in [0.15, 0.2) is 34.9 Å². The second-order valence-electron chi connectivity index (χ2n) is 7.05. The SMILES string of the molecule is CCCCCc1ccc(C(=O)N(CC(=O)Nc2cc(C)on2)C(C)C)cc1. The Labute approximate surface area is 160 Å². The molecule has 0 radical (unpaired) electrons. The van der Waals surface area contributed by atoms with Gasteiger partial charge in [-0.25, -0.2) is 0 Å². The number of hydrogen-bond acceptors (Lipinski definition) is 4. The molecule has 0 saturated heterocycles. The quantitative estimate of drug-likeness (QED) is 0.670. The summed E-state index contributed by atoms with van der Waals surface area (Å²) in [5.74, 6) is 0.504. The van der Waals surface area contributed by atoms with E-state index in [0.29, 0.717) is 17.1 Å². The molecule has 0 bridgehead atoms. The van der Waals surface area contributed by atoms with Gasteiger partial charge in [0.05, 0.1) is 0 Å². The van der Waals surface area contributed by atoms with E-state index in [-0.39, 0.29) is 24.4 Å². The lowest BCUT2D eigenvalue weighted by molar-refractivity contribution is -0.117. The molecule has 0 unspecified atom stereocenters. The Morgan fingerprint density at radius 2 is 1.89 bits per heavy atom. The van der Waals surface area contributed by atoms with E-state index in [1.807, 2.05) is 38.1 Å². The third-order valence-electron chi connectivity index (χ3n) is 4.36. The molecule has 0 aliphatic heterocycles. The molecule has 0 saturated carbocycles. The van der Waals surface area contributed by atoms with E-state index in [9.17, 15) is 9.59 Å². The average Bonchev–Trinajstić information content (AvgIpc) is 3.04. The van der Waals surface area contributed by atoms with Crippen molar-refractivity contribution in [1.29, 1.82) is 0 Å². The number of aromatic nitrogens is 1. The van der Waals surface area contributed by atoms with Gasteiger partial charge in [0.1, 0.15) is 12.3 Å². The van der Waals surface area contributed by atoms with Gasteiger partial charge in [-0.3, -0.25) is 9.59 Å². The Bertz CT molecular complexity index is 750. The molecule has 1 aromatic carbocycles. The van der Waals surface area contributed by atoms with Crippen molar-refractivity contribution >= 4 is 17.6 Å². The molecule has 27 heavy (non-hydrogen) atoms. The van der Waals surface area contributed by atoms with E-state index in [1.165, 1.54) is 18.4 Å². The Hall–Kier alpha value is -2.63. The van der Waals surface area contributed by atoms with E-state index in [1.54, 1.807) is 17.9 Å². The number of unbranched alkanes of at least 4 members (excludes halogenated alkanes) is 2. The van der Waals surface area contributed by atoms with Crippen molar-refractivity contribution in [3.63, 3.8) is 0 Å². The highest BCUT2D eigenvalue weighted by molar-refractivity contribution is 5.99. The third-order valence-corrected chi connectivity index (χ3v) is 4.36. The number of anilines is 1. The zero-order valence-electron chi connectivity index (χ0n) is 16.6.